The summed E-state index contributed by atoms with van der Waals surface area (Å²) in [7, 11) is -4.05. The zero-order valence-corrected chi connectivity index (χ0v) is 14.6. The van der Waals surface area contributed by atoms with Crippen molar-refractivity contribution >= 4 is 21.6 Å². The summed E-state index contributed by atoms with van der Waals surface area (Å²) < 4.78 is 27.7. The van der Waals surface area contributed by atoms with Crippen molar-refractivity contribution in [1.29, 1.82) is 0 Å². The Kier molecular flexibility index (Phi) is 3.77. The van der Waals surface area contributed by atoms with Crippen molar-refractivity contribution in [2.75, 3.05) is 0 Å². The maximum Gasteiger partial charge on any atom is 0.361 e. The molecule has 1 fully saturated rings. The average molecular weight is 376 g/mol. The minimum atomic E-state index is -4.05. The van der Waals surface area contributed by atoms with Crippen molar-refractivity contribution in [3.05, 3.63) is 70.1 Å². The van der Waals surface area contributed by atoms with E-state index in [-0.39, 0.29) is 10.9 Å². The van der Waals surface area contributed by atoms with Crippen molar-refractivity contribution in [3.63, 3.8) is 0 Å². The molecule has 2 aromatic carbocycles. The third-order valence-corrected chi connectivity index (χ3v) is 5.88. The van der Waals surface area contributed by atoms with Crippen LogP contribution in [0.1, 0.15) is 18.9 Å². The fourth-order valence-corrected chi connectivity index (χ4v) is 3.97. The maximum absolute atomic E-state index is 12.8. The lowest BCUT2D eigenvalue weighted by atomic mass is 10.2. The van der Waals surface area contributed by atoms with Gasteiger partial charge in [0.25, 0.3) is 10.0 Å². The van der Waals surface area contributed by atoms with Crippen LogP contribution in [-0.2, 0) is 10.0 Å². The van der Waals surface area contributed by atoms with Gasteiger partial charge in [-0.15, -0.1) is 5.10 Å². The van der Waals surface area contributed by atoms with Crippen LogP contribution in [0.15, 0.2) is 64.3 Å². The maximum atomic E-state index is 12.8. The van der Waals surface area contributed by atoms with Crippen LogP contribution in [0.3, 0.4) is 0 Å². The van der Waals surface area contributed by atoms with Crippen LogP contribution in [0.2, 0.25) is 5.02 Å². The molecule has 0 amide bonds. The molecule has 0 bridgehead atoms. The summed E-state index contributed by atoms with van der Waals surface area (Å²) in [6, 6.07) is 14.6. The molecular formula is C17H14ClN3O3S. The molecule has 0 saturated heterocycles. The summed E-state index contributed by atoms with van der Waals surface area (Å²) >= 11 is 5.91. The molecule has 1 aliphatic rings. The molecule has 128 valence electrons. The van der Waals surface area contributed by atoms with E-state index in [1.54, 1.807) is 42.5 Å². The number of hydrogen-bond donors (Lipinski definition) is 0. The highest BCUT2D eigenvalue weighted by Crippen LogP contribution is 2.36. The Bertz CT molecular complexity index is 1080. The van der Waals surface area contributed by atoms with Gasteiger partial charge in [0.05, 0.1) is 4.90 Å². The van der Waals surface area contributed by atoms with Gasteiger partial charge in [0.2, 0.25) is 0 Å². The van der Waals surface area contributed by atoms with Crippen LogP contribution in [0.4, 0.5) is 0 Å². The van der Waals surface area contributed by atoms with Gasteiger partial charge in [0.15, 0.2) is 5.82 Å². The summed E-state index contributed by atoms with van der Waals surface area (Å²) in [5.41, 5.74) is 0.00622. The molecule has 0 radical (unpaired) electrons. The summed E-state index contributed by atoms with van der Waals surface area (Å²) in [6.45, 7) is 0. The van der Waals surface area contributed by atoms with E-state index in [1.165, 1.54) is 16.7 Å². The lowest BCUT2D eigenvalue weighted by molar-refractivity contribution is 0.575. The van der Waals surface area contributed by atoms with Crippen molar-refractivity contribution in [1.82, 2.24) is 13.8 Å². The Balaban J connectivity index is 1.92. The van der Waals surface area contributed by atoms with Gasteiger partial charge in [-0.1, -0.05) is 33.9 Å². The predicted molar refractivity (Wildman–Crippen MR) is 94.2 cm³/mol. The fourth-order valence-electron chi connectivity index (χ4n) is 2.67. The van der Waals surface area contributed by atoms with Crippen LogP contribution in [-0.4, -0.2) is 22.2 Å². The Labute approximate surface area is 149 Å². The zero-order chi connectivity index (χ0) is 17.6. The predicted octanol–water partition coefficient (Wildman–Crippen LogP) is 2.94. The van der Waals surface area contributed by atoms with Crippen LogP contribution in [0.25, 0.3) is 11.4 Å². The highest BCUT2D eigenvalue weighted by Gasteiger charge is 2.33. The Morgan fingerprint density at radius 3 is 2.24 bits per heavy atom. The number of aromatic nitrogens is 3. The van der Waals surface area contributed by atoms with Crippen molar-refractivity contribution < 1.29 is 8.42 Å². The molecule has 0 unspecified atom stereocenters. The second kappa shape index (κ2) is 5.86. The van der Waals surface area contributed by atoms with Crippen molar-refractivity contribution in [3.8, 4) is 11.4 Å². The zero-order valence-electron chi connectivity index (χ0n) is 13.0. The second-order valence-corrected chi connectivity index (χ2v) is 8.08. The van der Waals surface area contributed by atoms with Crippen molar-refractivity contribution in [2.45, 2.75) is 23.8 Å². The second-order valence-electron chi connectivity index (χ2n) is 5.88. The van der Waals surface area contributed by atoms with E-state index < -0.39 is 15.7 Å². The molecule has 0 N–H and O–H groups in total. The topological polar surface area (TPSA) is 74.0 Å². The van der Waals surface area contributed by atoms with Gasteiger partial charge < -0.3 is 0 Å². The van der Waals surface area contributed by atoms with Gasteiger partial charge in [0, 0.05) is 16.6 Å². The molecule has 8 heteroatoms. The Morgan fingerprint density at radius 2 is 1.64 bits per heavy atom. The number of benzene rings is 2. The molecule has 4 rings (SSSR count). The van der Waals surface area contributed by atoms with E-state index >= 15 is 0 Å². The van der Waals surface area contributed by atoms with Gasteiger partial charge in [0.1, 0.15) is 0 Å². The fraction of sp³-hybridized carbons (Fsp3) is 0.176. The number of nitrogens with zero attached hydrogens (tertiary/aromatic N) is 3. The molecule has 0 spiro atoms. The van der Waals surface area contributed by atoms with Gasteiger partial charge in [-0.25, -0.2) is 4.79 Å². The monoisotopic (exact) mass is 375 g/mol. The lowest BCUT2D eigenvalue weighted by Crippen LogP contribution is -2.30. The first kappa shape index (κ1) is 16.1. The largest absolute Gasteiger partial charge is 0.361 e. The average Bonchev–Trinajstić information content (AvgIpc) is 3.39. The highest BCUT2D eigenvalue weighted by atomic mass is 35.5. The first-order valence-electron chi connectivity index (χ1n) is 7.76. The highest BCUT2D eigenvalue weighted by molar-refractivity contribution is 7.89. The van der Waals surface area contributed by atoms with Crippen molar-refractivity contribution in [2.24, 2.45) is 0 Å². The van der Waals surface area contributed by atoms with Crippen LogP contribution in [0, 0.1) is 0 Å². The smallest absolute Gasteiger partial charge is 0.271 e. The van der Waals surface area contributed by atoms with Gasteiger partial charge >= 0.3 is 5.69 Å². The number of halogens is 1. The molecule has 1 heterocycles. The molecule has 3 aromatic rings. The Hall–Kier alpha value is -2.38. The Morgan fingerprint density at radius 1 is 1.00 bits per heavy atom. The first-order chi connectivity index (χ1) is 12.0. The van der Waals surface area contributed by atoms with E-state index in [1.807, 2.05) is 0 Å². The normalized spacial score (nSPS) is 14.6. The molecular weight excluding hydrogens is 362 g/mol. The van der Waals surface area contributed by atoms with Gasteiger partial charge in [-0.2, -0.15) is 8.42 Å². The summed E-state index contributed by atoms with van der Waals surface area (Å²) in [5.74, 6) is 0.337. The molecule has 1 aromatic heterocycles. The van der Waals surface area contributed by atoms with Crippen LogP contribution < -0.4 is 5.69 Å². The number of hydrogen-bond acceptors (Lipinski definition) is 4. The van der Waals surface area contributed by atoms with E-state index in [2.05, 4.69) is 5.10 Å². The van der Waals surface area contributed by atoms with Crippen LogP contribution >= 0.6 is 11.6 Å². The minimum absolute atomic E-state index is 0.0158. The molecule has 1 saturated carbocycles. The number of rotatable bonds is 4. The van der Waals surface area contributed by atoms with E-state index in [0.29, 0.717) is 20.5 Å². The summed E-state index contributed by atoms with van der Waals surface area (Å²) in [6.07, 6.45) is 1.66. The van der Waals surface area contributed by atoms with Crippen LogP contribution in [0.5, 0.6) is 0 Å². The van der Waals surface area contributed by atoms with E-state index in [0.717, 1.165) is 12.8 Å². The van der Waals surface area contributed by atoms with E-state index in [9.17, 15) is 13.2 Å². The molecule has 25 heavy (non-hydrogen) atoms. The van der Waals surface area contributed by atoms with Gasteiger partial charge in [-0.05, 0) is 49.2 Å². The quantitative estimate of drug-likeness (QED) is 0.702. The SMILES string of the molecule is O=c1n(S(=O)(=O)c2ccccc2)nc(-c2ccc(Cl)cc2)n1C1CC1. The van der Waals surface area contributed by atoms with E-state index in [4.69, 9.17) is 11.6 Å². The first-order valence-corrected chi connectivity index (χ1v) is 9.58. The lowest BCUT2D eigenvalue weighted by Gasteiger charge is -2.03. The summed E-state index contributed by atoms with van der Waals surface area (Å²) in [4.78, 5) is 12.8. The molecule has 0 aliphatic heterocycles. The third kappa shape index (κ3) is 2.79. The summed E-state index contributed by atoms with van der Waals surface area (Å²) in [5, 5.41) is 4.71. The molecule has 1 aliphatic carbocycles. The standard InChI is InChI=1S/C17H14ClN3O3S/c18-13-8-6-12(7-9-13)16-19-21(17(22)20(16)14-10-11-14)25(23,24)15-4-2-1-3-5-15/h1-9,14H,10-11H2. The minimum Gasteiger partial charge on any atom is -0.271 e. The molecule has 6 nitrogen and oxygen atoms in total. The third-order valence-electron chi connectivity index (χ3n) is 4.07. The van der Waals surface area contributed by atoms with Gasteiger partial charge in [-0.3, -0.25) is 4.57 Å². The molecule has 0 atom stereocenters.